The summed E-state index contributed by atoms with van der Waals surface area (Å²) in [6, 6.07) is 1.32. The summed E-state index contributed by atoms with van der Waals surface area (Å²) >= 11 is 0. The average Bonchev–Trinajstić information content (AvgIpc) is 2.82. The van der Waals surface area contributed by atoms with Crippen molar-refractivity contribution in [1.82, 2.24) is 10.5 Å². The van der Waals surface area contributed by atoms with Gasteiger partial charge in [-0.05, 0) is 0 Å². The lowest BCUT2D eigenvalue weighted by Gasteiger charge is -2.28. The molecule has 8 nitrogen and oxygen atoms in total. The summed E-state index contributed by atoms with van der Waals surface area (Å²) in [6.07, 6.45) is 1.28. The van der Waals surface area contributed by atoms with E-state index in [0.717, 1.165) is 0 Å². The Morgan fingerprint density at radius 3 is 2.44 bits per heavy atom. The predicted octanol–water partition coefficient (Wildman–Crippen LogP) is -0.479. The number of amides is 1. The summed E-state index contributed by atoms with van der Waals surface area (Å²) in [6.45, 7) is -0.480. The summed E-state index contributed by atoms with van der Waals surface area (Å²) in [5, 5.41) is 14.9. The number of ether oxygens (including phenoxy) is 2. The van der Waals surface area contributed by atoms with E-state index >= 15 is 0 Å². The highest BCUT2D eigenvalue weighted by Crippen LogP contribution is 2.09. The van der Waals surface area contributed by atoms with Crippen LogP contribution >= 0.6 is 0 Å². The molecule has 0 aliphatic rings. The second-order valence-corrected chi connectivity index (χ2v) is 3.58. The van der Waals surface area contributed by atoms with Crippen LogP contribution in [0.1, 0.15) is 10.6 Å². The van der Waals surface area contributed by atoms with E-state index in [0.29, 0.717) is 0 Å². The van der Waals surface area contributed by atoms with Gasteiger partial charge in [0.25, 0.3) is 5.91 Å². The predicted molar refractivity (Wildman–Crippen MR) is 58.1 cm³/mol. The summed E-state index contributed by atoms with van der Waals surface area (Å²) in [5.74, 6) is -2.06. The number of carboxylic acid groups (broad SMARTS) is 1. The molecule has 1 heterocycles. The van der Waals surface area contributed by atoms with Gasteiger partial charge in [-0.3, -0.25) is 4.79 Å². The maximum atomic E-state index is 11.8. The van der Waals surface area contributed by atoms with Crippen molar-refractivity contribution in [2.75, 3.05) is 27.4 Å². The first-order chi connectivity index (χ1) is 8.55. The molecule has 0 unspecified atom stereocenters. The molecule has 1 rings (SSSR count). The largest absolute Gasteiger partial charge is 0.479 e. The lowest BCUT2D eigenvalue weighted by Crippen LogP contribution is -2.60. The minimum atomic E-state index is -1.67. The monoisotopic (exact) mass is 258 g/mol. The summed E-state index contributed by atoms with van der Waals surface area (Å²) in [7, 11) is 2.65. The van der Waals surface area contributed by atoms with Crippen LogP contribution in [0.2, 0.25) is 0 Å². The van der Waals surface area contributed by atoms with Crippen LogP contribution in [0.15, 0.2) is 16.8 Å². The number of hydrogen-bond acceptors (Lipinski definition) is 6. The molecule has 1 amide bonds. The molecule has 1 aromatic rings. The number of carbonyl (C=O) groups excluding carboxylic acids is 1. The van der Waals surface area contributed by atoms with E-state index in [9.17, 15) is 14.7 Å². The van der Waals surface area contributed by atoms with Crippen LogP contribution < -0.4 is 5.32 Å². The number of rotatable bonds is 7. The number of aromatic nitrogens is 1. The second-order valence-electron chi connectivity index (χ2n) is 3.58. The first kappa shape index (κ1) is 14.1. The number of carboxylic acids is 1. The fourth-order valence-electron chi connectivity index (χ4n) is 1.40. The quantitative estimate of drug-likeness (QED) is 0.679. The molecule has 18 heavy (non-hydrogen) atoms. The van der Waals surface area contributed by atoms with Crippen molar-refractivity contribution in [2.24, 2.45) is 0 Å². The number of methoxy groups -OCH3 is 2. The molecule has 0 spiro atoms. The molecule has 100 valence electrons. The van der Waals surface area contributed by atoms with Crippen LogP contribution in [0.4, 0.5) is 0 Å². The molecule has 8 heteroatoms. The fourth-order valence-corrected chi connectivity index (χ4v) is 1.40. The van der Waals surface area contributed by atoms with E-state index in [2.05, 4.69) is 15.0 Å². The van der Waals surface area contributed by atoms with Gasteiger partial charge in [0.1, 0.15) is 0 Å². The van der Waals surface area contributed by atoms with Crippen LogP contribution in [0, 0.1) is 0 Å². The SMILES string of the molecule is COCC(COC)(NC(=O)c1ccno1)C(=O)O. The maximum absolute atomic E-state index is 11.8. The van der Waals surface area contributed by atoms with Crippen LogP contribution in [-0.4, -0.2) is 55.1 Å². The Morgan fingerprint density at radius 2 is 2.06 bits per heavy atom. The Bertz CT molecular complexity index is 397. The minimum Gasteiger partial charge on any atom is -0.479 e. The molecular weight excluding hydrogens is 244 g/mol. The molecule has 0 aromatic carbocycles. The van der Waals surface area contributed by atoms with Gasteiger partial charge in [0.2, 0.25) is 5.76 Å². The topological polar surface area (TPSA) is 111 Å². The molecule has 0 saturated carbocycles. The molecule has 0 aliphatic heterocycles. The van der Waals surface area contributed by atoms with Crippen molar-refractivity contribution in [2.45, 2.75) is 5.54 Å². The van der Waals surface area contributed by atoms with Crippen molar-refractivity contribution in [3.8, 4) is 0 Å². The van der Waals surface area contributed by atoms with Gasteiger partial charge in [-0.2, -0.15) is 0 Å². The van der Waals surface area contributed by atoms with Gasteiger partial charge < -0.3 is 24.4 Å². The van der Waals surface area contributed by atoms with Crippen LogP contribution in [0.3, 0.4) is 0 Å². The van der Waals surface area contributed by atoms with Gasteiger partial charge in [-0.1, -0.05) is 5.16 Å². The fraction of sp³-hybridized carbons (Fsp3) is 0.500. The van der Waals surface area contributed by atoms with E-state index in [1.54, 1.807) is 0 Å². The van der Waals surface area contributed by atoms with Crippen molar-refractivity contribution in [3.05, 3.63) is 18.0 Å². The van der Waals surface area contributed by atoms with E-state index in [-0.39, 0.29) is 19.0 Å². The molecule has 0 fully saturated rings. The zero-order chi connectivity index (χ0) is 13.6. The Labute approximate surface area is 103 Å². The van der Waals surface area contributed by atoms with Crippen molar-refractivity contribution in [3.63, 3.8) is 0 Å². The van der Waals surface area contributed by atoms with E-state index in [1.165, 1.54) is 26.5 Å². The zero-order valence-corrected chi connectivity index (χ0v) is 10.0. The second kappa shape index (κ2) is 6.12. The molecule has 0 radical (unpaired) electrons. The maximum Gasteiger partial charge on any atom is 0.334 e. The third-order valence-corrected chi connectivity index (χ3v) is 2.21. The number of aliphatic carboxylic acids is 1. The van der Waals surface area contributed by atoms with E-state index < -0.39 is 17.4 Å². The van der Waals surface area contributed by atoms with Gasteiger partial charge in [0.05, 0.1) is 19.4 Å². The van der Waals surface area contributed by atoms with Crippen molar-refractivity contribution in [1.29, 1.82) is 0 Å². The zero-order valence-electron chi connectivity index (χ0n) is 10.0. The third kappa shape index (κ3) is 3.05. The lowest BCUT2D eigenvalue weighted by atomic mass is 10.0. The highest BCUT2D eigenvalue weighted by atomic mass is 16.5. The number of nitrogens with one attached hydrogen (secondary N) is 1. The lowest BCUT2D eigenvalue weighted by molar-refractivity contribution is -0.149. The Morgan fingerprint density at radius 1 is 1.44 bits per heavy atom. The molecule has 0 saturated heterocycles. The van der Waals surface area contributed by atoms with Crippen LogP contribution in [0.25, 0.3) is 0 Å². The van der Waals surface area contributed by atoms with Crippen molar-refractivity contribution < 1.29 is 28.7 Å². The van der Waals surface area contributed by atoms with Crippen LogP contribution in [0.5, 0.6) is 0 Å². The molecular formula is C10H14N2O6. The van der Waals surface area contributed by atoms with Gasteiger partial charge in [0.15, 0.2) is 5.54 Å². The normalized spacial score (nSPS) is 11.2. The molecule has 0 atom stereocenters. The highest BCUT2D eigenvalue weighted by Gasteiger charge is 2.41. The minimum absolute atomic E-state index is 0.0900. The standard InChI is InChI=1S/C10H14N2O6/c1-16-5-10(6-17-2,9(14)15)12-8(13)7-3-4-11-18-7/h3-4H,5-6H2,1-2H3,(H,12,13)(H,14,15). The first-order valence-electron chi connectivity index (χ1n) is 5.00. The molecule has 0 aliphatic carbocycles. The summed E-state index contributed by atoms with van der Waals surface area (Å²) in [4.78, 5) is 23.0. The smallest absolute Gasteiger partial charge is 0.334 e. The number of hydrogen-bond donors (Lipinski definition) is 2. The Hall–Kier alpha value is -1.93. The van der Waals surface area contributed by atoms with Gasteiger partial charge in [0, 0.05) is 20.3 Å². The van der Waals surface area contributed by atoms with E-state index in [1.807, 2.05) is 0 Å². The molecule has 2 N–H and O–H groups in total. The van der Waals surface area contributed by atoms with Crippen LogP contribution in [-0.2, 0) is 14.3 Å². The van der Waals surface area contributed by atoms with Gasteiger partial charge in [-0.25, -0.2) is 4.79 Å². The number of carbonyl (C=O) groups is 2. The van der Waals surface area contributed by atoms with E-state index in [4.69, 9.17) is 9.47 Å². The van der Waals surface area contributed by atoms with Gasteiger partial charge in [-0.15, -0.1) is 0 Å². The highest BCUT2D eigenvalue weighted by molar-refractivity contribution is 5.95. The summed E-state index contributed by atoms with van der Waals surface area (Å²) < 4.78 is 14.3. The Kier molecular flexibility index (Phi) is 4.81. The Balaban J connectivity index is 2.89. The summed E-state index contributed by atoms with van der Waals surface area (Å²) in [5.41, 5.74) is -1.67. The number of nitrogens with zero attached hydrogens (tertiary/aromatic N) is 1. The third-order valence-electron chi connectivity index (χ3n) is 2.21. The first-order valence-corrected chi connectivity index (χ1v) is 5.00. The van der Waals surface area contributed by atoms with Gasteiger partial charge >= 0.3 is 5.97 Å². The average molecular weight is 258 g/mol. The van der Waals surface area contributed by atoms with Crippen molar-refractivity contribution >= 4 is 11.9 Å². The molecule has 1 aromatic heterocycles. The molecule has 0 bridgehead atoms.